The van der Waals surface area contributed by atoms with Gasteiger partial charge in [0.1, 0.15) is 19.8 Å². The molecule has 0 bridgehead atoms. The normalized spacial score (nSPS) is 19.2. The van der Waals surface area contributed by atoms with Crippen molar-refractivity contribution in [1.29, 1.82) is 0 Å². The number of rotatable bonds is 8. The minimum absolute atomic E-state index is 0.0420. The van der Waals surface area contributed by atoms with Crippen molar-refractivity contribution in [3.63, 3.8) is 0 Å². The number of aliphatic carboxylic acids is 1. The third kappa shape index (κ3) is 8.47. The molecule has 0 radical (unpaired) electrons. The van der Waals surface area contributed by atoms with Crippen molar-refractivity contribution in [2.75, 3.05) is 52.3 Å². The number of alkyl halides is 3. The maximum atomic E-state index is 12.0. The Balaban J connectivity index is 2.58. The minimum Gasteiger partial charge on any atom is -0.480 e. The first-order valence-corrected chi connectivity index (χ1v) is 8.94. The van der Waals surface area contributed by atoms with Gasteiger partial charge in [0.05, 0.1) is 19.0 Å². The van der Waals surface area contributed by atoms with Gasteiger partial charge < -0.3 is 19.5 Å². The van der Waals surface area contributed by atoms with Crippen molar-refractivity contribution in [2.45, 2.75) is 12.3 Å². The molecule has 1 aliphatic rings. The highest BCUT2D eigenvalue weighted by atomic mass is 32.2. The van der Waals surface area contributed by atoms with Gasteiger partial charge in [0.15, 0.2) is 0 Å². The highest BCUT2D eigenvalue weighted by molar-refractivity contribution is 7.88. The predicted molar refractivity (Wildman–Crippen MR) is 77.2 cm³/mol. The summed E-state index contributed by atoms with van der Waals surface area (Å²) in [6, 6.07) is 0. The smallest absolute Gasteiger partial charge is 0.411 e. The van der Waals surface area contributed by atoms with Gasteiger partial charge >= 0.3 is 12.1 Å². The topological polar surface area (TPSA) is 113 Å². The molecule has 0 aromatic rings. The monoisotopic (exact) mass is 392 g/mol. The molecule has 1 amide bonds. The van der Waals surface area contributed by atoms with Gasteiger partial charge in [0.2, 0.25) is 15.9 Å². The van der Waals surface area contributed by atoms with E-state index in [1.807, 2.05) is 0 Å². The molecule has 1 N–H and O–H groups in total. The van der Waals surface area contributed by atoms with E-state index in [0.717, 1.165) is 6.26 Å². The molecule has 25 heavy (non-hydrogen) atoms. The molecule has 1 heterocycles. The van der Waals surface area contributed by atoms with Gasteiger partial charge in [-0.3, -0.25) is 9.59 Å². The number of carboxylic acids is 1. The highest BCUT2D eigenvalue weighted by Crippen LogP contribution is 2.15. The fraction of sp³-hybridized carbons (Fsp3) is 0.833. The lowest BCUT2D eigenvalue weighted by Crippen LogP contribution is -2.52. The Kier molecular flexibility index (Phi) is 7.59. The predicted octanol–water partition coefficient (Wildman–Crippen LogP) is -0.861. The van der Waals surface area contributed by atoms with Gasteiger partial charge in [-0.05, 0) is 0 Å². The van der Waals surface area contributed by atoms with Crippen LogP contribution in [-0.4, -0.2) is 99.1 Å². The zero-order chi connectivity index (χ0) is 19.3. The molecule has 9 nitrogen and oxygen atoms in total. The van der Waals surface area contributed by atoms with E-state index in [0.29, 0.717) is 4.31 Å². The minimum atomic E-state index is -4.54. The van der Waals surface area contributed by atoms with Crippen molar-refractivity contribution in [1.82, 2.24) is 9.21 Å². The summed E-state index contributed by atoms with van der Waals surface area (Å²) in [5.41, 5.74) is 0. The Morgan fingerprint density at radius 2 is 2.04 bits per heavy atom. The SMILES string of the molecule is CS(=O)(=O)N(CC(=O)O)C[C@@H]1CN(C(=O)COCC(F)(F)F)CCO1. The van der Waals surface area contributed by atoms with Crippen molar-refractivity contribution in [3.8, 4) is 0 Å². The third-order valence-electron chi connectivity index (χ3n) is 3.17. The van der Waals surface area contributed by atoms with Gasteiger partial charge in [-0.15, -0.1) is 0 Å². The molecular formula is C12H19F3N2O7S. The molecule has 146 valence electrons. The zero-order valence-corrected chi connectivity index (χ0v) is 14.2. The molecule has 0 aromatic carbocycles. The van der Waals surface area contributed by atoms with Crippen LogP contribution in [-0.2, 0) is 29.1 Å². The molecule has 1 fully saturated rings. The maximum absolute atomic E-state index is 12.0. The van der Waals surface area contributed by atoms with Crippen LogP contribution in [0.2, 0.25) is 0 Å². The number of morpholine rings is 1. The van der Waals surface area contributed by atoms with Gasteiger partial charge in [0, 0.05) is 19.6 Å². The number of carbonyl (C=O) groups is 2. The first-order valence-electron chi connectivity index (χ1n) is 7.09. The zero-order valence-electron chi connectivity index (χ0n) is 13.4. The molecule has 13 heteroatoms. The molecule has 1 saturated heterocycles. The molecule has 0 saturated carbocycles. The molecule has 0 aliphatic carbocycles. The average molecular weight is 392 g/mol. The Labute approximate surface area is 142 Å². The second-order valence-electron chi connectivity index (χ2n) is 5.39. The van der Waals surface area contributed by atoms with Gasteiger partial charge in [-0.1, -0.05) is 0 Å². The second-order valence-corrected chi connectivity index (χ2v) is 7.37. The molecule has 1 atom stereocenters. The Morgan fingerprint density at radius 3 is 2.56 bits per heavy atom. The largest absolute Gasteiger partial charge is 0.480 e. The van der Waals surface area contributed by atoms with E-state index in [4.69, 9.17) is 9.84 Å². The number of carbonyl (C=O) groups excluding carboxylic acids is 1. The average Bonchev–Trinajstić information content (AvgIpc) is 2.44. The Morgan fingerprint density at radius 1 is 1.40 bits per heavy atom. The lowest BCUT2D eigenvalue weighted by atomic mass is 10.2. The highest BCUT2D eigenvalue weighted by Gasteiger charge is 2.31. The van der Waals surface area contributed by atoms with Gasteiger partial charge in [-0.25, -0.2) is 8.42 Å². The number of halogens is 3. The van der Waals surface area contributed by atoms with Crippen molar-refractivity contribution < 1.29 is 45.8 Å². The molecule has 1 rings (SSSR count). The molecule has 0 aromatic heterocycles. The van der Waals surface area contributed by atoms with Crippen molar-refractivity contribution in [3.05, 3.63) is 0 Å². The van der Waals surface area contributed by atoms with E-state index < -0.39 is 53.9 Å². The van der Waals surface area contributed by atoms with E-state index in [-0.39, 0.29) is 26.2 Å². The molecular weight excluding hydrogens is 373 g/mol. The third-order valence-corrected chi connectivity index (χ3v) is 4.39. The number of amides is 1. The lowest BCUT2D eigenvalue weighted by Gasteiger charge is -2.34. The number of carboxylic acid groups (broad SMARTS) is 1. The Hall–Kier alpha value is -1.44. The summed E-state index contributed by atoms with van der Waals surface area (Å²) in [6.45, 7) is -3.30. The summed E-state index contributed by atoms with van der Waals surface area (Å²) in [7, 11) is -3.81. The van der Waals surface area contributed by atoms with Crippen LogP contribution in [0.25, 0.3) is 0 Å². The van der Waals surface area contributed by atoms with Gasteiger partial charge in [-0.2, -0.15) is 17.5 Å². The van der Waals surface area contributed by atoms with Crippen molar-refractivity contribution >= 4 is 21.9 Å². The fourth-order valence-electron chi connectivity index (χ4n) is 2.10. The molecule has 0 unspecified atom stereocenters. The summed E-state index contributed by atoms with van der Waals surface area (Å²) >= 11 is 0. The fourth-order valence-corrected chi connectivity index (χ4v) is 2.88. The standard InChI is InChI=1S/C12H19F3N2O7S/c1-25(21,22)17(6-11(19)20)5-9-4-16(2-3-24-9)10(18)7-23-8-12(13,14)15/h9H,2-8H2,1H3,(H,19,20)/t9-/m0/s1. The first-order chi connectivity index (χ1) is 11.4. The first kappa shape index (κ1) is 21.6. The van der Waals surface area contributed by atoms with Gasteiger partial charge in [0.25, 0.3) is 0 Å². The number of sulfonamides is 1. The van der Waals surface area contributed by atoms with Crippen LogP contribution >= 0.6 is 0 Å². The van der Waals surface area contributed by atoms with Crippen LogP contribution in [0.3, 0.4) is 0 Å². The van der Waals surface area contributed by atoms with E-state index >= 15 is 0 Å². The quantitative estimate of drug-likeness (QED) is 0.572. The van der Waals surface area contributed by atoms with E-state index in [9.17, 15) is 31.2 Å². The summed E-state index contributed by atoms with van der Waals surface area (Å²) < 4.78 is 69.4. The number of hydrogen-bond donors (Lipinski definition) is 1. The van der Waals surface area contributed by atoms with E-state index in [1.165, 1.54) is 4.90 Å². The summed E-state index contributed by atoms with van der Waals surface area (Å²) in [6.07, 6.45) is -4.50. The summed E-state index contributed by atoms with van der Waals surface area (Å²) in [4.78, 5) is 23.8. The summed E-state index contributed by atoms with van der Waals surface area (Å²) in [5.74, 6) is -2.04. The lowest BCUT2D eigenvalue weighted by molar-refractivity contribution is -0.179. The number of hydrogen-bond acceptors (Lipinski definition) is 6. The van der Waals surface area contributed by atoms with Crippen LogP contribution < -0.4 is 0 Å². The van der Waals surface area contributed by atoms with E-state index in [2.05, 4.69) is 4.74 Å². The van der Waals surface area contributed by atoms with Crippen LogP contribution in [0.1, 0.15) is 0 Å². The number of nitrogens with zero attached hydrogens (tertiary/aromatic N) is 2. The van der Waals surface area contributed by atoms with E-state index in [1.54, 1.807) is 0 Å². The molecule has 0 spiro atoms. The van der Waals surface area contributed by atoms with Crippen LogP contribution in [0, 0.1) is 0 Å². The Bertz CT molecular complexity index is 582. The second kappa shape index (κ2) is 8.78. The van der Waals surface area contributed by atoms with Crippen LogP contribution in [0.15, 0.2) is 0 Å². The summed E-state index contributed by atoms with van der Waals surface area (Å²) in [5, 5.41) is 8.76. The van der Waals surface area contributed by atoms with Crippen LogP contribution in [0.5, 0.6) is 0 Å². The molecule has 1 aliphatic heterocycles. The van der Waals surface area contributed by atoms with Crippen LogP contribution in [0.4, 0.5) is 13.2 Å². The number of ether oxygens (including phenoxy) is 2. The maximum Gasteiger partial charge on any atom is 0.411 e. The van der Waals surface area contributed by atoms with Crippen molar-refractivity contribution in [2.24, 2.45) is 0 Å².